The monoisotopic (exact) mass is 495 g/mol. The molecule has 0 fully saturated rings. The molecule has 0 radical (unpaired) electrons. The normalized spacial score (nSPS) is 11.4. The van der Waals surface area contributed by atoms with Crippen LogP contribution in [-0.2, 0) is 18.4 Å². The molecule has 0 saturated heterocycles. The molecule has 12 heteroatoms. The Kier molecular flexibility index (Phi) is 6.92. The number of amides is 3. The largest absolute Gasteiger partial charge is 0.465 e. The minimum Gasteiger partial charge on any atom is -0.465 e. The van der Waals surface area contributed by atoms with E-state index in [4.69, 9.17) is 9.63 Å². The second-order valence-electron chi connectivity index (χ2n) is 8.84. The quantitative estimate of drug-likeness (QED) is 0.298. The number of hydrogen-bond donors (Lipinski definition) is 4. The van der Waals surface area contributed by atoms with Gasteiger partial charge in [0.15, 0.2) is 11.0 Å². The van der Waals surface area contributed by atoms with Gasteiger partial charge in [-0.2, -0.15) is 4.98 Å². The van der Waals surface area contributed by atoms with Crippen LogP contribution in [0.2, 0.25) is 0 Å². The molecule has 4 aromatic rings. The number of fused-ring (bicyclic) bond motifs is 1. The van der Waals surface area contributed by atoms with E-state index in [0.717, 1.165) is 26.9 Å². The summed E-state index contributed by atoms with van der Waals surface area (Å²) in [7, 11) is 0. The van der Waals surface area contributed by atoms with Crippen molar-refractivity contribution in [2.45, 2.75) is 39.2 Å². The second kappa shape index (κ2) is 10.1. The summed E-state index contributed by atoms with van der Waals surface area (Å²) in [6.45, 7) is 6.50. The number of pyridine rings is 1. The van der Waals surface area contributed by atoms with Gasteiger partial charge in [-0.25, -0.2) is 14.6 Å². The van der Waals surface area contributed by atoms with Crippen LogP contribution in [-0.4, -0.2) is 43.9 Å². The van der Waals surface area contributed by atoms with Crippen molar-refractivity contribution in [1.29, 1.82) is 0 Å². The van der Waals surface area contributed by atoms with Crippen LogP contribution >= 0.6 is 11.3 Å². The van der Waals surface area contributed by atoms with E-state index in [1.54, 1.807) is 12.4 Å². The average molecular weight is 496 g/mol. The van der Waals surface area contributed by atoms with Crippen molar-refractivity contribution in [3.05, 3.63) is 53.9 Å². The number of nitrogens with zero attached hydrogens (tertiary/aromatic N) is 4. The van der Waals surface area contributed by atoms with Gasteiger partial charge in [-0.1, -0.05) is 43.3 Å². The maximum atomic E-state index is 12.3. The molecule has 11 nitrogen and oxygen atoms in total. The van der Waals surface area contributed by atoms with Crippen molar-refractivity contribution < 1.29 is 19.2 Å². The lowest BCUT2D eigenvalue weighted by Gasteiger charge is -2.10. The van der Waals surface area contributed by atoms with Gasteiger partial charge in [0.1, 0.15) is 0 Å². The van der Waals surface area contributed by atoms with E-state index >= 15 is 0 Å². The fourth-order valence-electron chi connectivity index (χ4n) is 3.17. The Morgan fingerprint density at radius 1 is 1.09 bits per heavy atom. The number of urea groups is 1. The van der Waals surface area contributed by atoms with Gasteiger partial charge in [0.05, 0.1) is 10.2 Å². The smallest absolute Gasteiger partial charge is 0.404 e. The highest BCUT2D eigenvalue weighted by molar-refractivity contribution is 7.22. The lowest BCUT2D eigenvalue weighted by molar-refractivity contribution is 0.194. The van der Waals surface area contributed by atoms with Crippen molar-refractivity contribution in [3.8, 4) is 11.1 Å². The predicted molar refractivity (Wildman–Crippen MR) is 131 cm³/mol. The summed E-state index contributed by atoms with van der Waals surface area (Å²) in [6.07, 6.45) is 2.70. The van der Waals surface area contributed by atoms with Crippen LogP contribution in [0.15, 0.2) is 41.2 Å². The molecule has 4 rings (SSSR count). The maximum Gasteiger partial charge on any atom is 0.404 e. The maximum absolute atomic E-state index is 12.3. The molecule has 0 aliphatic rings. The third-order valence-corrected chi connectivity index (χ3v) is 5.86. The van der Waals surface area contributed by atoms with Gasteiger partial charge in [0.25, 0.3) is 0 Å². The molecule has 4 N–H and O–H groups in total. The summed E-state index contributed by atoms with van der Waals surface area (Å²) in [6, 6.07) is 7.26. The zero-order valence-corrected chi connectivity index (χ0v) is 20.3. The van der Waals surface area contributed by atoms with Crippen LogP contribution in [0, 0.1) is 0 Å². The van der Waals surface area contributed by atoms with Gasteiger partial charge in [-0.15, -0.1) is 0 Å². The van der Waals surface area contributed by atoms with Gasteiger partial charge < -0.3 is 20.3 Å². The number of nitrogens with one attached hydrogen (secondary N) is 3. The number of aromatic nitrogens is 4. The Hall–Kier alpha value is -4.06. The number of carbonyl (C=O) groups excluding carboxylic acids is 1. The Morgan fingerprint density at radius 3 is 2.66 bits per heavy atom. The molecule has 35 heavy (non-hydrogen) atoms. The summed E-state index contributed by atoms with van der Waals surface area (Å²) in [5, 5.41) is 21.1. The van der Waals surface area contributed by atoms with Crippen LogP contribution < -0.4 is 16.0 Å². The standard InChI is InChI=1S/C23H25N7O4S/c1-23(2,3)19-28-18(30-34-19)6-7-25-20(31)29-21-27-16-5-4-14(9-17(16)35-21)15-8-13(10-24-12-15)11-26-22(32)33/h4-5,8-10,12,26H,6-7,11H2,1-3H3,(H,32,33)(H2,25,27,29,31). The Morgan fingerprint density at radius 2 is 1.91 bits per heavy atom. The number of carboxylic acid groups (broad SMARTS) is 1. The molecule has 0 unspecified atom stereocenters. The van der Waals surface area contributed by atoms with Crippen LogP contribution in [0.3, 0.4) is 0 Å². The van der Waals surface area contributed by atoms with Gasteiger partial charge in [-0.3, -0.25) is 10.3 Å². The van der Waals surface area contributed by atoms with Gasteiger partial charge in [-0.05, 0) is 29.3 Å². The van der Waals surface area contributed by atoms with Crippen molar-refractivity contribution in [1.82, 2.24) is 30.7 Å². The van der Waals surface area contributed by atoms with E-state index < -0.39 is 6.09 Å². The number of carbonyl (C=O) groups is 2. The fraction of sp³-hybridized carbons (Fsp3) is 0.304. The number of thiazole rings is 1. The number of benzene rings is 1. The predicted octanol–water partition coefficient (Wildman–Crippen LogP) is 4.17. The second-order valence-corrected chi connectivity index (χ2v) is 9.87. The van der Waals surface area contributed by atoms with E-state index in [1.165, 1.54) is 11.3 Å². The number of hydrogen-bond acceptors (Lipinski definition) is 8. The Bertz CT molecular complexity index is 1360. The Balaban J connectivity index is 1.36. The SMILES string of the molecule is CC(C)(C)c1nc(CCNC(=O)Nc2nc3ccc(-c4cncc(CNC(=O)O)c4)cc3s2)no1. The van der Waals surface area contributed by atoms with Crippen molar-refractivity contribution in [2.24, 2.45) is 0 Å². The first kappa shape index (κ1) is 24.1. The molecule has 0 aliphatic heterocycles. The van der Waals surface area contributed by atoms with Crippen LogP contribution in [0.4, 0.5) is 14.7 Å². The molecule has 3 aromatic heterocycles. The molecule has 3 heterocycles. The summed E-state index contributed by atoms with van der Waals surface area (Å²) >= 11 is 1.36. The number of anilines is 1. The van der Waals surface area contributed by atoms with Crippen LogP contribution in [0.5, 0.6) is 0 Å². The summed E-state index contributed by atoms with van der Waals surface area (Å²) in [4.78, 5) is 36.1. The topological polar surface area (TPSA) is 155 Å². The first-order chi connectivity index (χ1) is 16.7. The summed E-state index contributed by atoms with van der Waals surface area (Å²) < 4.78 is 6.15. The molecule has 1 aromatic carbocycles. The van der Waals surface area contributed by atoms with Gasteiger partial charge >= 0.3 is 12.1 Å². The highest BCUT2D eigenvalue weighted by Gasteiger charge is 2.21. The summed E-state index contributed by atoms with van der Waals surface area (Å²) in [5.74, 6) is 1.10. The zero-order valence-electron chi connectivity index (χ0n) is 19.5. The third-order valence-electron chi connectivity index (χ3n) is 4.92. The van der Waals surface area contributed by atoms with E-state index in [2.05, 4.69) is 36.1 Å². The van der Waals surface area contributed by atoms with Gasteiger partial charge in [0, 0.05) is 42.9 Å². The van der Waals surface area contributed by atoms with Crippen molar-refractivity contribution >= 4 is 38.8 Å². The Labute approximate surface area is 205 Å². The molecule has 0 bridgehead atoms. The van der Waals surface area contributed by atoms with Crippen molar-refractivity contribution in [3.63, 3.8) is 0 Å². The first-order valence-corrected chi connectivity index (χ1v) is 11.7. The lowest BCUT2D eigenvalue weighted by Crippen LogP contribution is -2.30. The van der Waals surface area contributed by atoms with E-state index in [0.29, 0.717) is 29.8 Å². The van der Waals surface area contributed by atoms with E-state index in [-0.39, 0.29) is 18.0 Å². The highest BCUT2D eigenvalue weighted by atomic mass is 32.1. The molecular weight excluding hydrogens is 470 g/mol. The average Bonchev–Trinajstić information content (AvgIpc) is 3.44. The first-order valence-electron chi connectivity index (χ1n) is 10.9. The molecule has 0 atom stereocenters. The molecule has 0 saturated carbocycles. The molecule has 0 spiro atoms. The lowest BCUT2D eigenvalue weighted by atomic mass is 9.97. The number of rotatable bonds is 7. The molecule has 182 valence electrons. The van der Waals surface area contributed by atoms with Crippen LogP contribution in [0.1, 0.15) is 38.0 Å². The minimum absolute atomic E-state index is 0.173. The van der Waals surface area contributed by atoms with Crippen molar-refractivity contribution in [2.75, 3.05) is 11.9 Å². The zero-order chi connectivity index (χ0) is 25.0. The molecule has 0 aliphatic carbocycles. The van der Waals surface area contributed by atoms with Gasteiger partial charge in [0.2, 0.25) is 5.89 Å². The fourth-order valence-corrected chi connectivity index (χ4v) is 4.07. The minimum atomic E-state index is -1.09. The third kappa shape index (κ3) is 6.29. The van der Waals surface area contributed by atoms with Crippen LogP contribution in [0.25, 0.3) is 21.3 Å². The molecule has 3 amide bonds. The van der Waals surface area contributed by atoms with E-state index in [1.807, 2.05) is 45.0 Å². The summed E-state index contributed by atoms with van der Waals surface area (Å²) in [5.41, 5.74) is 3.06. The van der Waals surface area contributed by atoms with E-state index in [9.17, 15) is 9.59 Å². The highest BCUT2D eigenvalue weighted by Crippen LogP contribution is 2.30. The molecular formula is C23H25N7O4S.